The first kappa shape index (κ1) is 20.6. The minimum absolute atomic E-state index is 0.126. The van der Waals surface area contributed by atoms with E-state index in [9.17, 15) is 9.59 Å². The third kappa shape index (κ3) is 5.94. The number of allylic oxidation sites excluding steroid dienone is 1. The van der Waals surface area contributed by atoms with Crippen LogP contribution in [0.4, 0.5) is 5.69 Å². The highest BCUT2D eigenvalue weighted by Crippen LogP contribution is 2.29. The van der Waals surface area contributed by atoms with Gasteiger partial charge in [-0.25, -0.2) is 0 Å². The van der Waals surface area contributed by atoms with Crippen LogP contribution in [0.2, 0.25) is 4.34 Å². The number of thiophene rings is 1. The number of methoxy groups -OCH3 is 1. The Bertz CT molecular complexity index is 1030. The first-order valence-electron chi connectivity index (χ1n) is 8.68. The number of para-hydroxylation sites is 1. The van der Waals surface area contributed by atoms with E-state index < -0.39 is 0 Å². The lowest BCUT2D eigenvalue weighted by atomic mass is 10.1. The third-order valence-electron chi connectivity index (χ3n) is 3.85. The summed E-state index contributed by atoms with van der Waals surface area (Å²) in [5, 5.41) is 2.75. The van der Waals surface area contributed by atoms with Gasteiger partial charge in [-0.2, -0.15) is 0 Å². The van der Waals surface area contributed by atoms with Gasteiger partial charge in [0.25, 0.3) is 5.91 Å². The fourth-order valence-electron chi connectivity index (χ4n) is 2.47. The molecule has 0 aliphatic heterocycles. The zero-order valence-electron chi connectivity index (χ0n) is 15.6. The lowest BCUT2D eigenvalue weighted by Crippen LogP contribution is -2.20. The van der Waals surface area contributed by atoms with E-state index >= 15 is 0 Å². The quantitative estimate of drug-likeness (QED) is 0.390. The number of nitrogens with one attached hydrogen (secondary N) is 1. The summed E-state index contributed by atoms with van der Waals surface area (Å²) in [6.07, 6.45) is 3.16. The molecule has 0 saturated carbocycles. The molecule has 29 heavy (non-hydrogen) atoms. The van der Waals surface area contributed by atoms with E-state index in [0.717, 1.165) is 5.56 Å². The van der Waals surface area contributed by atoms with E-state index in [-0.39, 0.29) is 18.3 Å². The molecule has 0 saturated heterocycles. The van der Waals surface area contributed by atoms with Crippen LogP contribution in [-0.2, 0) is 4.79 Å². The van der Waals surface area contributed by atoms with Gasteiger partial charge in [-0.1, -0.05) is 41.9 Å². The number of benzene rings is 2. The molecule has 148 valence electrons. The zero-order chi connectivity index (χ0) is 20.6. The van der Waals surface area contributed by atoms with Gasteiger partial charge in [0.15, 0.2) is 23.9 Å². The maximum Gasteiger partial charge on any atom is 0.262 e. The van der Waals surface area contributed by atoms with Gasteiger partial charge in [-0.05, 0) is 48.0 Å². The molecule has 3 aromatic rings. The highest BCUT2D eigenvalue weighted by molar-refractivity contribution is 7.18. The Morgan fingerprint density at radius 2 is 1.86 bits per heavy atom. The fourth-order valence-corrected chi connectivity index (χ4v) is 3.43. The van der Waals surface area contributed by atoms with Crippen molar-refractivity contribution in [2.45, 2.75) is 0 Å². The monoisotopic (exact) mass is 427 g/mol. The van der Waals surface area contributed by atoms with Gasteiger partial charge < -0.3 is 14.8 Å². The molecule has 1 amide bonds. The van der Waals surface area contributed by atoms with E-state index in [1.807, 2.05) is 18.2 Å². The largest absolute Gasteiger partial charge is 0.493 e. The van der Waals surface area contributed by atoms with E-state index in [2.05, 4.69) is 5.32 Å². The summed E-state index contributed by atoms with van der Waals surface area (Å²) >= 11 is 7.09. The molecule has 7 heteroatoms. The van der Waals surface area contributed by atoms with Crippen molar-refractivity contribution in [3.05, 3.63) is 81.5 Å². The molecular formula is C22H18ClNO4S. The van der Waals surface area contributed by atoms with Crippen LogP contribution in [0.5, 0.6) is 11.5 Å². The molecule has 0 unspecified atom stereocenters. The molecule has 5 nitrogen and oxygen atoms in total. The molecule has 0 radical (unpaired) electrons. The summed E-state index contributed by atoms with van der Waals surface area (Å²) in [4.78, 5) is 24.7. The molecule has 0 spiro atoms. The number of carbonyl (C=O) groups is 2. The first-order chi connectivity index (χ1) is 14.0. The number of hydrogen-bond acceptors (Lipinski definition) is 5. The van der Waals surface area contributed by atoms with Crippen LogP contribution in [0.15, 0.2) is 66.7 Å². The van der Waals surface area contributed by atoms with Gasteiger partial charge in [-0.3, -0.25) is 9.59 Å². The molecule has 1 aromatic heterocycles. The highest BCUT2D eigenvalue weighted by Gasteiger charge is 2.09. The van der Waals surface area contributed by atoms with Crippen LogP contribution >= 0.6 is 22.9 Å². The normalized spacial score (nSPS) is 10.7. The Hall–Kier alpha value is -3.09. The molecule has 3 rings (SSSR count). The van der Waals surface area contributed by atoms with Crippen LogP contribution < -0.4 is 14.8 Å². The Morgan fingerprint density at radius 3 is 2.55 bits per heavy atom. The van der Waals surface area contributed by atoms with Gasteiger partial charge in [-0.15, -0.1) is 11.3 Å². The molecule has 0 aliphatic carbocycles. The Balaban J connectivity index is 1.61. The Labute approximate surface area is 177 Å². The van der Waals surface area contributed by atoms with Crippen molar-refractivity contribution in [2.24, 2.45) is 0 Å². The van der Waals surface area contributed by atoms with Gasteiger partial charge in [0, 0.05) is 5.69 Å². The number of amides is 1. The van der Waals surface area contributed by atoms with Gasteiger partial charge in [0.1, 0.15) is 0 Å². The van der Waals surface area contributed by atoms with Gasteiger partial charge in [0.2, 0.25) is 0 Å². The lowest BCUT2D eigenvalue weighted by molar-refractivity contribution is -0.118. The lowest BCUT2D eigenvalue weighted by Gasteiger charge is -2.11. The fraction of sp³-hybridized carbons (Fsp3) is 0.0909. The summed E-state index contributed by atoms with van der Waals surface area (Å²) in [5.41, 5.74) is 1.46. The summed E-state index contributed by atoms with van der Waals surface area (Å²) < 4.78 is 11.5. The van der Waals surface area contributed by atoms with E-state index in [4.69, 9.17) is 21.1 Å². The van der Waals surface area contributed by atoms with Crippen molar-refractivity contribution in [3.63, 3.8) is 0 Å². The van der Waals surface area contributed by atoms with Crippen molar-refractivity contribution in [3.8, 4) is 11.5 Å². The SMILES string of the molecule is COc1cc(/C=C/C(=O)c2ccc(Cl)s2)ccc1OCC(=O)Nc1ccccc1. The number of halogens is 1. The van der Waals surface area contributed by atoms with Crippen molar-refractivity contribution >= 4 is 46.4 Å². The smallest absolute Gasteiger partial charge is 0.262 e. The molecule has 0 fully saturated rings. The van der Waals surface area contributed by atoms with E-state index in [0.29, 0.717) is 26.4 Å². The van der Waals surface area contributed by atoms with Gasteiger partial charge in [0.05, 0.1) is 16.3 Å². The second-order valence-corrected chi connectivity index (χ2v) is 7.63. The van der Waals surface area contributed by atoms with Crippen LogP contribution in [0, 0.1) is 0 Å². The van der Waals surface area contributed by atoms with Crippen LogP contribution in [-0.4, -0.2) is 25.4 Å². The van der Waals surface area contributed by atoms with Crippen LogP contribution in [0.25, 0.3) is 6.08 Å². The number of ketones is 1. The standard InChI is InChI=1S/C22H18ClNO4S/c1-27-19-13-15(7-9-17(25)20-11-12-21(23)29-20)8-10-18(19)28-14-22(26)24-16-5-3-2-4-6-16/h2-13H,14H2,1H3,(H,24,26)/b9-7+. The van der Waals surface area contributed by atoms with Crippen molar-refractivity contribution in [2.75, 3.05) is 19.0 Å². The molecule has 2 aromatic carbocycles. The summed E-state index contributed by atoms with van der Waals surface area (Å²) in [5.74, 6) is 0.497. The predicted octanol–water partition coefficient (Wildman–Crippen LogP) is 5.32. The zero-order valence-corrected chi connectivity index (χ0v) is 17.1. The number of ether oxygens (including phenoxy) is 2. The second kappa shape index (κ2) is 9.91. The average molecular weight is 428 g/mol. The minimum atomic E-state index is -0.276. The number of rotatable bonds is 8. The molecule has 1 N–H and O–H groups in total. The molecule has 1 heterocycles. The van der Waals surface area contributed by atoms with E-state index in [1.165, 1.54) is 24.5 Å². The van der Waals surface area contributed by atoms with Gasteiger partial charge >= 0.3 is 0 Å². The summed E-state index contributed by atoms with van der Waals surface area (Å²) in [6, 6.07) is 17.7. The predicted molar refractivity (Wildman–Crippen MR) is 116 cm³/mol. The minimum Gasteiger partial charge on any atom is -0.493 e. The Kier molecular flexibility index (Phi) is 7.05. The second-order valence-electron chi connectivity index (χ2n) is 5.91. The molecule has 0 atom stereocenters. The topological polar surface area (TPSA) is 64.6 Å². The Morgan fingerprint density at radius 1 is 1.07 bits per heavy atom. The van der Waals surface area contributed by atoms with Crippen molar-refractivity contribution in [1.82, 2.24) is 0 Å². The van der Waals surface area contributed by atoms with Crippen LogP contribution in [0.3, 0.4) is 0 Å². The number of carbonyl (C=O) groups excluding carboxylic acids is 2. The van der Waals surface area contributed by atoms with Crippen LogP contribution in [0.1, 0.15) is 15.2 Å². The van der Waals surface area contributed by atoms with Crippen molar-refractivity contribution < 1.29 is 19.1 Å². The van der Waals surface area contributed by atoms with E-state index in [1.54, 1.807) is 48.5 Å². The number of anilines is 1. The highest BCUT2D eigenvalue weighted by atomic mass is 35.5. The third-order valence-corrected chi connectivity index (χ3v) is 5.09. The first-order valence-corrected chi connectivity index (χ1v) is 9.88. The molecular weight excluding hydrogens is 410 g/mol. The average Bonchev–Trinajstić information content (AvgIpc) is 3.18. The van der Waals surface area contributed by atoms with Crippen molar-refractivity contribution in [1.29, 1.82) is 0 Å². The number of hydrogen-bond donors (Lipinski definition) is 1. The maximum atomic E-state index is 12.1. The summed E-state index contributed by atoms with van der Waals surface area (Å²) in [7, 11) is 1.51. The molecule has 0 aliphatic rings. The maximum absolute atomic E-state index is 12.1. The summed E-state index contributed by atoms with van der Waals surface area (Å²) in [6.45, 7) is -0.155. The molecule has 0 bridgehead atoms.